The summed E-state index contributed by atoms with van der Waals surface area (Å²) in [6.45, 7) is 1.24. The Labute approximate surface area is 140 Å². The summed E-state index contributed by atoms with van der Waals surface area (Å²) in [6.07, 6.45) is 2.71. The number of hydrogen-bond donors (Lipinski definition) is 1. The number of esters is 1. The minimum atomic E-state index is -0.607. The summed E-state index contributed by atoms with van der Waals surface area (Å²) < 4.78 is 4.71. The number of ether oxygens (including phenoxy) is 1. The number of nitro benzene ring substituents is 1. The molecule has 124 valence electrons. The predicted molar refractivity (Wildman–Crippen MR) is 88.6 cm³/mol. The van der Waals surface area contributed by atoms with Gasteiger partial charge in [0.15, 0.2) is 11.7 Å². The maximum Gasteiger partial charge on any atom is 0.330 e. The summed E-state index contributed by atoms with van der Waals surface area (Å²) in [5.41, 5.74) is 1.03. The Morgan fingerprint density at radius 1 is 1.46 bits per heavy atom. The molecule has 8 nitrogen and oxygen atoms in total. The van der Waals surface area contributed by atoms with Crippen molar-refractivity contribution in [1.82, 2.24) is 4.98 Å². The second-order valence-electron chi connectivity index (χ2n) is 4.50. The average Bonchev–Trinajstić information content (AvgIpc) is 3.02. The number of anilines is 1. The standard InChI is InChI=1S/C15H13N3O5S/c1-2-4-14(20)23-8-13(19)17-15-16-12(9-24-15)10-5-3-6-11(7-10)18(21)22/h2-7,9H,8H2,1H3,(H,16,17,19). The van der Waals surface area contributed by atoms with Crippen molar-refractivity contribution < 1.29 is 19.2 Å². The second kappa shape index (κ2) is 7.97. The Hall–Kier alpha value is -3.07. The van der Waals surface area contributed by atoms with Crippen molar-refractivity contribution in [2.24, 2.45) is 0 Å². The van der Waals surface area contributed by atoms with Crippen LogP contribution in [0.2, 0.25) is 0 Å². The van der Waals surface area contributed by atoms with Crippen molar-refractivity contribution in [2.45, 2.75) is 6.92 Å². The van der Waals surface area contributed by atoms with E-state index in [1.807, 2.05) is 0 Å². The van der Waals surface area contributed by atoms with Crippen LogP contribution in [0.25, 0.3) is 11.3 Å². The normalized spacial score (nSPS) is 10.5. The Bertz CT molecular complexity index is 800. The summed E-state index contributed by atoms with van der Waals surface area (Å²) >= 11 is 1.16. The molecular weight excluding hydrogens is 334 g/mol. The molecule has 24 heavy (non-hydrogen) atoms. The third-order valence-electron chi connectivity index (χ3n) is 2.75. The van der Waals surface area contributed by atoms with Crippen molar-refractivity contribution >= 4 is 34.0 Å². The third-order valence-corrected chi connectivity index (χ3v) is 3.51. The molecule has 9 heteroatoms. The summed E-state index contributed by atoms with van der Waals surface area (Å²) in [7, 11) is 0. The van der Waals surface area contributed by atoms with E-state index in [1.54, 1.807) is 24.4 Å². The number of rotatable bonds is 6. The molecule has 2 rings (SSSR count). The molecular formula is C15H13N3O5S. The minimum absolute atomic E-state index is 0.0398. The number of thiazole rings is 1. The second-order valence-corrected chi connectivity index (χ2v) is 5.36. The first-order valence-corrected chi connectivity index (χ1v) is 7.67. The first-order valence-electron chi connectivity index (χ1n) is 6.79. The van der Waals surface area contributed by atoms with Gasteiger partial charge in [-0.1, -0.05) is 18.2 Å². The molecule has 0 saturated heterocycles. The molecule has 1 heterocycles. The van der Waals surface area contributed by atoms with E-state index in [0.717, 1.165) is 11.3 Å². The molecule has 0 unspecified atom stereocenters. The van der Waals surface area contributed by atoms with Gasteiger partial charge in [0.1, 0.15) is 0 Å². The largest absolute Gasteiger partial charge is 0.452 e. The van der Waals surface area contributed by atoms with Crippen LogP contribution in [0.3, 0.4) is 0 Å². The van der Waals surface area contributed by atoms with Gasteiger partial charge >= 0.3 is 5.97 Å². The van der Waals surface area contributed by atoms with Crippen molar-refractivity contribution in [1.29, 1.82) is 0 Å². The van der Waals surface area contributed by atoms with Gasteiger partial charge in [0, 0.05) is 29.2 Å². The molecule has 0 spiro atoms. The van der Waals surface area contributed by atoms with Crippen molar-refractivity contribution in [3.8, 4) is 11.3 Å². The summed E-state index contributed by atoms with van der Waals surface area (Å²) in [5.74, 6) is -1.13. The van der Waals surface area contributed by atoms with E-state index in [-0.39, 0.29) is 5.69 Å². The van der Waals surface area contributed by atoms with Crippen LogP contribution in [0.5, 0.6) is 0 Å². The summed E-state index contributed by atoms with van der Waals surface area (Å²) in [6, 6.07) is 6.04. The van der Waals surface area contributed by atoms with Gasteiger partial charge in [-0.25, -0.2) is 9.78 Å². The predicted octanol–water partition coefficient (Wildman–Crippen LogP) is 2.78. The number of carbonyl (C=O) groups is 2. The van der Waals surface area contributed by atoms with Crippen molar-refractivity contribution in [2.75, 3.05) is 11.9 Å². The molecule has 0 saturated carbocycles. The fourth-order valence-corrected chi connectivity index (χ4v) is 2.45. The number of hydrogen-bond acceptors (Lipinski definition) is 7. The molecule has 1 N–H and O–H groups in total. The molecule has 0 bridgehead atoms. The van der Waals surface area contributed by atoms with Crippen LogP contribution in [0.1, 0.15) is 6.92 Å². The van der Waals surface area contributed by atoms with Gasteiger partial charge in [-0.2, -0.15) is 0 Å². The van der Waals surface area contributed by atoms with Crippen LogP contribution < -0.4 is 5.32 Å². The Kier molecular flexibility index (Phi) is 5.74. The lowest BCUT2D eigenvalue weighted by atomic mass is 10.1. The molecule has 0 atom stereocenters. The lowest BCUT2D eigenvalue weighted by molar-refractivity contribution is -0.384. The van der Waals surface area contributed by atoms with E-state index in [2.05, 4.69) is 10.3 Å². The number of benzene rings is 1. The summed E-state index contributed by atoms with van der Waals surface area (Å²) in [4.78, 5) is 37.3. The quantitative estimate of drug-likeness (QED) is 0.372. The number of non-ortho nitro benzene ring substituents is 1. The van der Waals surface area contributed by atoms with Gasteiger partial charge in [0.25, 0.3) is 11.6 Å². The smallest absolute Gasteiger partial charge is 0.330 e. The molecule has 1 aromatic carbocycles. The van der Waals surface area contributed by atoms with E-state index < -0.39 is 23.4 Å². The van der Waals surface area contributed by atoms with Crippen LogP contribution in [0, 0.1) is 10.1 Å². The Morgan fingerprint density at radius 2 is 2.25 bits per heavy atom. The lowest BCUT2D eigenvalue weighted by Gasteiger charge is -2.02. The SMILES string of the molecule is CC=CC(=O)OCC(=O)Nc1nc(-c2cccc([N+](=O)[O-])c2)cs1. The highest BCUT2D eigenvalue weighted by molar-refractivity contribution is 7.14. The highest BCUT2D eigenvalue weighted by Crippen LogP contribution is 2.27. The van der Waals surface area contributed by atoms with Gasteiger partial charge in [0.2, 0.25) is 0 Å². The van der Waals surface area contributed by atoms with Crippen molar-refractivity contribution in [3.05, 3.63) is 51.9 Å². The minimum Gasteiger partial charge on any atom is -0.452 e. The molecule has 2 aromatic rings. The summed E-state index contributed by atoms with van der Waals surface area (Å²) in [5, 5.41) is 15.3. The molecule has 0 radical (unpaired) electrons. The van der Waals surface area contributed by atoms with E-state index in [0.29, 0.717) is 16.4 Å². The van der Waals surface area contributed by atoms with Crippen LogP contribution in [-0.2, 0) is 14.3 Å². The van der Waals surface area contributed by atoms with Gasteiger partial charge in [-0.15, -0.1) is 11.3 Å². The highest BCUT2D eigenvalue weighted by atomic mass is 32.1. The van der Waals surface area contributed by atoms with Crippen LogP contribution in [-0.4, -0.2) is 28.4 Å². The number of nitrogens with one attached hydrogen (secondary N) is 1. The Morgan fingerprint density at radius 3 is 2.96 bits per heavy atom. The van der Waals surface area contributed by atoms with E-state index >= 15 is 0 Å². The fourth-order valence-electron chi connectivity index (χ4n) is 1.72. The molecule has 1 amide bonds. The van der Waals surface area contributed by atoms with Crippen molar-refractivity contribution in [3.63, 3.8) is 0 Å². The van der Waals surface area contributed by atoms with Gasteiger partial charge < -0.3 is 4.74 Å². The third kappa shape index (κ3) is 4.71. The molecule has 0 fully saturated rings. The van der Waals surface area contributed by atoms with E-state index in [9.17, 15) is 19.7 Å². The molecule has 0 aliphatic heterocycles. The lowest BCUT2D eigenvalue weighted by Crippen LogP contribution is -2.20. The first-order chi connectivity index (χ1) is 11.5. The van der Waals surface area contributed by atoms with Gasteiger partial charge in [-0.3, -0.25) is 20.2 Å². The number of aromatic nitrogens is 1. The number of nitro groups is 1. The fraction of sp³-hybridized carbons (Fsp3) is 0.133. The number of nitrogens with zero attached hydrogens (tertiary/aromatic N) is 2. The van der Waals surface area contributed by atoms with E-state index in [4.69, 9.17) is 4.74 Å². The van der Waals surface area contributed by atoms with Gasteiger partial charge in [0.05, 0.1) is 10.6 Å². The highest BCUT2D eigenvalue weighted by Gasteiger charge is 2.12. The van der Waals surface area contributed by atoms with Crippen LogP contribution >= 0.6 is 11.3 Å². The van der Waals surface area contributed by atoms with Crippen LogP contribution in [0.4, 0.5) is 10.8 Å². The zero-order valence-corrected chi connectivity index (χ0v) is 13.4. The molecule has 0 aliphatic carbocycles. The van der Waals surface area contributed by atoms with E-state index in [1.165, 1.54) is 24.3 Å². The van der Waals surface area contributed by atoms with Gasteiger partial charge in [-0.05, 0) is 6.92 Å². The topological polar surface area (TPSA) is 111 Å². The maximum absolute atomic E-state index is 11.7. The molecule has 0 aliphatic rings. The number of carbonyl (C=O) groups excluding carboxylic acids is 2. The zero-order valence-electron chi connectivity index (χ0n) is 12.6. The Balaban J connectivity index is 2.00. The maximum atomic E-state index is 11.7. The first kappa shape index (κ1) is 17.3. The number of amides is 1. The van der Waals surface area contributed by atoms with Crippen LogP contribution in [0.15, 0.2) is 41.8 Å². The monoisotopic (exact) mass is 347 g/mol. The number of allylic oxidation sites excluding steroid dienone is 1. The zero-order chi connectivity index (χ0) is 17.5. The average molecular weight is 347 g/mol. The molecule has 1 aromatic heterocycles.